The van der Waals surface area contributed by atoms with E-state index in [1.54, 1.807) is 0 Å². The van der Waals surface area contributed by atoms with Crippen molar-refractivity contribution in [2.24, 2.45) is 0 Å². The van der Waals surface area contributed by atoms with Gasteiger partial charge in [-0.25, -0.2) is 0 Å². The lowest BCUT2D eigenvalue weighted by molar-refractivity contribution is -0.684. The van der Waals surface area contributed by atoms with E-state index >= 15 is 0 Å². The van der Waals surface area contributed by atoms with Gasteiger partial charge in [-0.05, 0) is 34.1 Å². The molecule has 18 heavy (non-hydrogen) atoms. The topological polar surface area (TPSA) is 33.0 Å². The minimum absolute atomic E-state index is 0. The Hall–Kier alpha value is -1.20. The average molecular weight is 372 g/mol. The second-order valence-electron chi connectivity index (χ2n) is 3.61. The Morgan fingerprint density at radius 1 is 1.17 bits per heavy atom. The summed E-state index contributed by atoms with van der Waals surface area (Å²) in [5.74, 6) is -0.0423. The van der Waals surface area contributed by atoms with Crippen LogP contribution in [0, 0.1) is 0 Å². The van der Waals surface area contributed by atoms with Crippen molar-refractivity contribution >= 4 is 27.5 Å². The summed E-state index contributed by atoms with van der Waals surface area (Å²) in [6.07, 6.45) is 3.72. The molecule has 5 heteroatoms. The van der Waals surface area contributed by atoms with Gasteiger partial charge in [0.05, 0.1) is 4.47 Å². The van der Waals surface area contributed by atoms with Crippen molar-refractivity contribution in [3.05, 3.63) is 59.3 Å². The highest BCUT2D eigenvalue weighted by atomic mass is 79.9. The molecule has 1 amide bonds. The van der Waals surface area contributed by atoms with Gasteiger partial charge in [-0.1, -0.05) is 18.2 Å². The number of anilines is 1. The molecular formula is C13H12Br2N2O. The van der Waals surface area contributed by atoms with Crippen molar-refractivity contribution in [1.82, 2.24) is 0 Å². The van der Waals surface area contributed by atoms with E-state index in [1.807, 2.05) is 59.4 Å². The number of carbonyl (C=O) groups excluding carboxylic acids is 1. The standard InChI is InChI=1S/C13H11BrN2O.BrH/c14-11-5-4-8-16(9-11)10-13(17)15-12-6-2-1-3-7-12;/h1-9H,10H2;1H. The number of hydrogen-bond donors (Lipinski definition) is 1. The molecule has 0 atom stereocenters. The molecule has 0 aliphatic heterocycles. The van der Waals surface area contributed by atoms with Gasteiger partial charge in [0.25, 0.3) is 5.91 Å². The van der Waals surface area contributed by atoms with Crippen LogP contribution in [-0.4, -0.2) is 5.91 Å². The maximum atomic E-state index is 11.7. The summed E-state index contributed by atoms with van der Waals surface area (Å²) in [6, 6.07) is 13.2. The number of halogens is 2. The Morgan fingerprint density at radius 2 is 1.89 bits per heavy atom. The third-order valence-corrected chi connectivity index (χ3v) is 2.67. The number of aromatic nitrogens is 1. The summed E-state index contributed by atoms with van der Waals surface area (Å²) in [5.41, 5.74) is 0.813. The maximum absolute atomic E-state index is 11.7. The highest BCUT2D eigenvalue weighted by molar-refractivity contribution is 9.10. The molecule has 0 fully saturated rings. The van der Waals surface area contributed by atoms with Gasteiger partial charge in [0.15, 0.2) is 12.4 Å². The number of rotatable bonds is 3. The molecule has 0 aliphatic carbocycles. The fraction of sp³-hybridized carbons (Fsp3) is 0.0769. The lowest BCUT2D eigenvalue weighted by Gasteiger charge is -2.02. The number of carbonyl (C=O) groups is 1. The molecule has 0 saturated heterocycles. The van der Waals surface area contributed by atoms with Crippen LogP contribution < -0.4 is 26.9 Å². The second-order valence-corrected chi connectivity index (χ2v) is 4.52. The predicted molar refractivity (Wildman–Crippen MR) is 69.4 cm³/mol. The number of para-hydroxylation sites is 1. The first-order valence-electron chi connectivity index (χ1n) is 5.23. The molecule has 3 nitrogen and oxygen atoms in total. The predicted octanol–water partition coefficient (Wildman–Crippen LogP) is -0.621. The van der Waals surface area contributed by atoms with Crippen LogP contribution in [0.1, 0.15) is 0 Å². The number of amides is 1. The van der Waals surface area contributed by atoms with Gasteiger partial charge in [-0.15, -0.1) is 0 Å². The summed E-state index contributed by atoms with van der Waals surface area (Å²) < 4.78 is 2.77. The molecule has 1 N–H and O–H groups in total. The number of nitrogens with zero attached hydrogens (tertiary/aromatic N) is 1. The van der Waals surface area contributed by atoms with E-state index in [9.17, 15) is 4.79 Å². The largest absolute Gasteiger partial charge is 1.00 e. The van der Waals surface area contributed by atoms with Crippen LogP contribution in [0.25, 0.3) is 0 Å². The Morgan fingerprint density at radius 3 is 2.56 bits per heavy atom. The molecule has 0 spiro atoms. The van der Waals surface area contributed by atoms with Crippen molar-refractivity contribution in [1.29, 1.82) is 0 Å². The number of nitrogens with one attached hydrogen (secondary N) is 1. The van der Waals surface area contributed by atoms with Crippen molar-refractivity contribution in [3.8, 4) is 0 Å². The third kappa shape index (κ3) is 4.58. The minimum atomic E-state index is -0.0423. The first-order valence-corrected chi connectivity index (χ1v) is 6.03. The molecule has 0 bridgehead atoms. The quantitative estimate of drug-likeness (QED) is 0.717. The van der Waals surface area contributed by atoms with Gasteiger partial charge >= 0.3 is 0 Å². The number of pyridine rings is 1. The zero-order chi connectivity index (χ0) is 12.1. The van der Waals surface area contributed by atoms with Gasteiger partial charge in [0, 0.05) is 11.8 Å². The zero-order valence-corrected chi connectivity index (χ0v) is 12.7. The molecule has 0 saturated carbocycles. The lowest BCUT2D eigenvalue weighted by Crippen LogP contribution is -3.00. The van der Waals surface area contributed by atoms with E-state index < -0.39 is 0 Å². The van der Waals surface area contributed by atoms with Crippen LogP contribution in [-0.2, 0) is 11.3 Å². The molecule has 1 aromatic heterocycles. The molecule has 2 rings (SSSR count). The SMILES string of the molecule is O=C(C[n+]1cccc(Br)c1)Nc1ccccc1.[Br-]. The highest BCUT2D eigenvalue weighted by Gasteiger charge is 2.09. The number of benzene rings is 1. The van der Waals surface area contributed by atoms with Gasteiger partial charge < -0.3 is 22.3 Å². The Bertz CT molecular complexity index is 517. The van der Waals surface area contributed by atoms with E-state index in [4.69, 9.17) is 0 Å². The van der Waals surface area contributed by atoms with Gasteiger partial charge in [-0.2, -0.15) is 4.57 Å². The first-order chi connectivity index (χ1) is 8.24. The monoisotopic (exact) mass is 370 g/mol. The summed E-state index contributed by atoms with van der Waals surface area (Å²) in [4.78, 5) is 11.7. The fourth-order valence-corrected chi connectivity index (χ4v) is 1.89. The van der Waals surface area contributed by atoms with Gasteiger partial charge in [-0.3, -0.25) is 4.79 Å². The molecule has 2 aromatic rings. The summed E-state index contributed by atoms with van der Waals surface area (Å²) in [7, 11) is 0. The van der Waals surface area contributed by atoms with Crippen molar-refractivity contribution in [3.63, 3.8) is 0 Å². The van der Waals surface area contributed by atoms with Crippen LogP contribution in [0.5, 0.6) is 0 Å². The van der Waals surface area contributed by atoms with Gasteiger partial charge in [0.2, 0.25) is 6.54 Å². The maximum Gasteiger partial charge on any atom is 0.290 e. The summed E-state index contributed by atoms with van der Waals surface area (Å²) in [6.45, 7) is 0.300. The molecule has 0 radical (unpaired) electrons. The van der Waals surface area contributed by atoms with E-state index in [0.29, 0.717) is 6.54 Å². The fourth-order valence-electron chi connectivity index (χ4n) is 1.48. The smallest absolute Gasteiger partial charge is 0.290 e. The van der Waals surface area contributed by atoms with E-state index in [2.05, 4.69) is 21.2 Å². The Balaban J connectivity index is 0.00000162. The van der Waals surface area contributed by atoms with Crippen LogP contribution in [0.3, 0.4) is 0 Å². The Labute approximate surface area is 125 Å². The molecular weight excluding hydrogens is 360 g/mol. The molecule has 0 aliphatic rings. The van der Waals surface area contributed by atoms with E-state index in [1.165, 1.54) is 0 Å². The summed E-state index contributed by atoms with van der Waals surface area (Å²) >= 11 is 3.37. The highest BCUT2D eigenvalue weighted by Crippen LogP contribution is 2.05. The van der Waals surface area contributed by atoms with E-state index in [0.717, 1.165) is 10.2 Å². The third-order valence-electron chi connectivity index (χ3n) is 2.21. The molecule has 1 aromatic carbocycles. The molecule has 94 valence electrons. The number of hydrogen-bond acceptors (Lipinski definition) is 1. The summed E-state index contributed by atoms with van der Waals surface area (Å²) in [5, 5.41) is 2.83. The van der Waals surface area contributed by atoms with Crippen LogP contribution in [0.15, 0.2) is 59.3 Å². The molecule has 0 unspecified atom stereocenters. The van der Waals surface area contributed by atoms with E-state index in [-0.39, 0.29) is 22.9 Å². The minimum Gasteiger partial charge on any atom is -1.00 e. The first kappa shape index (κ1) is 14.9. The van der Waals surface area contributed by atoms with Crippen molar-refractivity contribution in [2.45, 2.75) is 6.54 Å². The zero-order valence-electron chi connectivity index (χ0n) is 9.51. The van der Waals surface area contributed by atoms with Gasteiger partial charge in [0.1, 0.15) is 0 Å². The van der Waals surface area contributed by atoms with Crippen molar-refractivity contribution in [2.75, 3.05) is 5.32 Å². The second kappa shape index (κ2) is 7.28. The van der Waals surface area contributed by atoms with Crippen molar-refractivity contribution < 1.29 is 26.3 Å². The average Bonchev–Trinajstić information content (AvgIpc) is 2.30. The Kier molecular flexibility index (Phi) is 6.01. The van der Waals surface area contributed by atoms with Crippen LogP contribution in [0.2, 0.25) is 0 Å². The van der Waals surface area contributed by atoms with Crippen LogP contribution in [0.4, 0.5) is 5.69 Å². The molecule has 1 heterocycles. The normalized spacial score (nSPS) is 9.39. The lowest BCUT2D eigenvalue weighted by atomic mass is 10.3. The van der Waals surface area contributed by atoms with Crippen LogP contribution >= 0.6 is 15.9 Å².